The Labute approximate surface area is 212 Å². The van der Waals surface area contributed by atoms with Crippen LogP contribution in [0.5, 0.6) is 11.5 Å². The third-order valence-corrected chi connectivity index (χ3v) is 7.41. The summed E-state index contributed by atoms with van der Waals surface area (Å²) in [5.41, 5.74) is 1.38. The molecular formula is C22H26ClFN4O7S. The first-order valence-corrected chi connectivity index (χ1v) is 12.7. The Morgan fingerprint density at radius 2 is 1.83 bits per heavy atom. The van der Waals surface area contributed by atoms with Gasteiger partial charge in [-0.2, -0.15) is 4.31 Å². The average Bonchev–Trinajstić information content (AvgIpc) is 2.88. The van der Waals surface area contributed by atoms with Gasteiger partial charge >= 0.3 is 6.03 Å². The summed E-state index contributed by atoms with van der Waals surface area (Å²) < 4.78 is 52.6. The second kappa shape index (κ2) is 12.3. The van der Waals surface area contributed by atoms with Crippen molar-refractivity contribution in [2.45, 2.75) is 4.90 Å². The van der Waals surface area contributed by atoms with E-state index in [1.54, 1.807) is 17.0 Å². The van der Waals surface area contributed by atoms with E-state index in [0.717, 1.165) is 22.5 Å². The molecule has 14 heteroatoms. The Morgan fingerprint density at radius 3 is 2.44 bits per heavy atom. The second-order valence-electron chi connectivity index (χ2n) is 7.83. The van der Waals surface area contributed by atoms with Crippen LogP contribution in [-0.2, 0) is 19.6 Å². The molecule has 1 aliphatic heterocycles. The number of hydrogen-bond donors (Lipinski definition) is 2. The zero-order valence-electron chi connectivity index (χ0n) is 19.4. The SMILES string of the molecule is CN(CCN(CC(=O)NO)S(=O)(=O)c1ccc(Oc2ccc(Cl)cc2)c(F)c1)C(=O)N1CCOCC1. The molecule has 1 fully saturated rings. The van der Waals surface area contributed by atoms with Crippen LogP contribution in [0.15, 0.2) is 47.4 Å². The van der Waals surface area contributed by atoms with E-state index in [0.29, 0.717) is 37.1 Å². The minimum Gasteiger partial charge on any atom is -0.454 e. The number of hydroxylamine groups is 1. The van der Waals surface area contributed by atoms with Crippen LogP contribution in [0, 0.1) is 5.82 Å². The summed E-state index contributed by atoms with van der Waals surface area (Å²) in [5, 5.41) is 9.37. The quantitative estimate of drug-likeness (QED) is 0.365. The van der Waals surface area contributed by atoms with Crippen LogP contribution < -0.4 is 10.2 Å². The number of halogens is 2. The van der Waals surface area contributed by atoms with E-state index < -0.39 is 33.2 Å². The van der Waals surface area contributed by atoms with Crippen LogP contribution in [0.25, 0.3) is 0 Å². The summed E-state index contributed by atoms with van der Waals surface area (Å²) in [5.74, 6) is -1.86. The second-order valence-corrected chi connectivity index (χ2v) is 10.2. The molecule has 2 N–H and O–H groups in total. The van der Waals surface area contributed by atoms with Crippen LogP contribution in [0.2, 0.25) is 5.02 Å². The molecule has 0 bridgehead atoms. The number of morpholine rings is 1. The normalized spacial score (nSPS) is 14.0. The Kier molecular flexibility index (Phi) is 9.45. The molecule has 11 nitrogen and oxygen atoms in total. The van der Waals surface area contributed by atoms with Gasteiger partial charge in [0.25, 0.3) is 5.91 Å². The largest absolute Gasteiger partial charge is 0.454 e. The van der Waals surface area contributed by atoms with Gasteiger partial charge < -0.3 is 19.3 Å². The lowest BCUT2D eigenvalue weighted by Crippen LogP contribution is -2.49. The molecule has 0 saturated carbocycles. The molecule has 2 aromatic carbocycles. The molecule has 0 aliphatic carbocycles. The smallest absolute Gasteiger partial charge is 0.319 e. The number of nitrogens with one attached hydrogen (secondary N) is 1. The number of urea groups is 1. The van der Waals surface area contributed by atoms with Gasteiger partial charge in [0.15, 0.2) is 11.6 Å². The van der Waals surface area contributed by atoms with Gasteiger partial charge in [0.1, 0.15) is 5.75 Å². The highest BCUT2D eigenvalue weighted by Crippen LogP contribution is 2.28. The standard InChI is InChI=1S/C22H26ClFN4O7S/c1-26(22(30)27-10-12-34-13-11-27)8-9-28(15-21(29)25-31)36(32,33)18-6-7-20(19(24)14-18)35-17-4-2-16(23)3-5-17/h2-7,14,31H,8-13,15H2,1H3,(H,25,29). The van der Waals surface area contributed by atoms with Crippen LogP contribution in [0.3, 0.4) is 0 Å². The molecule has 0 unspecified atom stereocenters. The van der Waals surface area contributed by atoms with Crippen LogP contribution in [0.1, 0.15) is 0 Å². The molecule has 1 heterocycles. The number of benzene rings is 2. The van der Waals surface area contributed by atoms with Gasteiger partial charge in [0.05, 0.1) is 24.7 Å². The first kappa shape index (κ1) is 27.6. The Bertz CT molecular complexity index is 1180. The van der Waals surface area contributed by atoms with Gasteiger partial charge in [-0.1, -0.05) is 11.6 Å². The van der Waals surface area contributed by atoms with Gasteiger partial charge in [-0.15, -0.1) is 0 Å². The van der Waals surface area contributed by atoms with Crippen molar-refractivity contribution in [3.05, 3.63) is 53.3 Å². The van der Waals surface area contributed by atoms with Crippen molar-refractivity contribution in [2.75, 3.05) is 53.0 Å². The lowest BCUT2D eigenvalue weighted by Gasteiger charge is -2.32. The molecule has 1 aliphatic rings. The first-order valence-electron chi connectivity index (χ1n) is 10.9. The molecule has 3 amide bonds. The van der Waals surface area contributed by atoms with Crippen molar-refractivity contribution in [2.24, 2.45) is 0 Å². The predicted molar refractivity (Wildman–Crippen MR) is 127 cm³/mol. The monoisotopic (exact) mass is 544 g/mol. The van der Waals surface area contributed by atoms with E-state index in [2.05, 4.69) is 0 Å². The maximum Gasteiger partial charge on any atom is 0.319 e. The van der Waals surface area contributed by atoms with Crippen LogP contribution in [0.4, 0.5) is 9.18 Å². The van der Waals surface area contributed by atoms with E-state index in [1.807, 2.05) is 0 Å². The highest BCUT2D eigenvalue weighted by molar-refractivity contribution is 7.89. The van der Waals surface area contributed by atoms with Gasteiger partial charge in [0, 0.05) is 38.2 Å². The number of carbonyl (C=O) groups is 2. The van der Waals surface area contributed by atoms with Crippen molar-refractivity contribution in [1.82, 2.24) is 19.6 Å². The number of nitrogens with zero attached hydrogens (tertiary/aromatic N) is 3. The maximum absolute atomic E-state index is 14.7. The summed E-state index contributed by atoms with van der Waals surface area (Å²) in [6, 6.07) is 8.89. The Morgan fingerprint density at radius 1 is 1.17 bits per heavy atom. The summed E-state index contributed by atoms with van der Waals surface area (Å²) in [7, 11) is -2.90. The fraction of sp³-hybridized carbons (Fsp3) is 0.364. The van der Waals surface area contributed by atoms with E-state index in [1.165, 1.54) is 29.6 Å². The molecule has 196 valence electrons. The van der Waals surface area contributed by atoms with Crippen molar-refractivity contribution < 1.29 is 37.1 Å². The molecule has 2 aromatic rings. The lowest BCUT2D eigenvalue weighted by atomic mass is 10.3. The zero-order valence-corrected chi connectivity index (χ0v) is 21.0. The minimum atomic E-state index is -4.39. The van der Waals surface area contributed by atoms with Crippen LogP contribution in [-0.4, -0.2) is 92.7 Å². The Balaban J connectivity index is 1.75. The molecule has 36 heavy (non-hydrogen) atoms. The van der Waals surface area contributed by atoms with Gasteiger partial charge in [-0.3, -0.25) is 10.0 Å². The van der Waals surface area contributed by atoms with Crippen molar-refractivity contribution in [1.29, 1.82) is 0 Å². The van der Waals surface area contributed by atoms with Crippen molar-refractivity contribution in [3.8, 4) is 11.5 Å². The number of hydrogen-bond acceptors (Lipinski definition) is 7. The summed E-state index contributed by atoms with van der Waals surface area (Å²) >= 11 is 5.82. The van der Waals surface area contributed by atoms with E-state index >= 15 is 0 Å². The highest BCUT2D eigenvalue weighted by atomic mass is 35.5. The van der Waals surface area contributed by atoms with E-state index in [9.17, 15) is 22.4 Å². The molecular weight excluding hydrogens is 519 g/mol. The van der Waals surface area contributed by atoms with E-state index in [-0.39, 0.29) is 24.9 Å². The zero-order chi connectivity index (χ0) is 26.3. The fourth-order valence-electron chi connectivity index (χ4n) is 3.34. The minimum absolute atomic E-state index is 0.0611. The summed E-state index contributed by atoms with van der Waals surface area (Å²) in [6.45, 7) is 0.522. The molecule has 1 saturated heterocycles. The molecule has 0 radical (unpaired) electrons. The average molecular weight is 545 g/mol. The third-order valence-electron chi connectivity index (χ3n) is 5.32. The third kappa shape index (κ3) is 7.04. The van der Waals surface area contributed by atoms with E-state index in [4.69, 9.17) is 26.3 Å². The number of likely N-dealkylation sites (N-methyl/N-ethyl adjacent to an activating group) is 1. The van der Waals surface area contributed by atoms with Crippen molar-refractivity contribution in [3.63, 3.8) is 0 Å². The van der Waals surface area contributed by atoms with Gasteiger partial charge in [0.2, 0.25) is 10.0 Å². The van der Waals surface area contributed by atoms with Gasteiger partial charge in [-0.25, -0.2) is 23.1 Å². The summed E-state index contributed by atoms with van der Waals surface area (Å²) in [4.78, 5) is 26.8. The molecule has 0 aromatic heterocycles. The van der Waals surface area contributed by atoms with Gasteiger partial charge in [-0.05, 0) is 42.5 Å². The number of carbonyl (C=O) groups excluding carboxylic acids is 2. The maximum atomic E-state index is 14.7. The predicted octanol–water partition coefficient (Wildman–Crippen LogP) is 2.15. The first-order chi connectivity index (χ1) is 17.1. The fourth-order valence-corrected chi connectivity index (χ4v) is 4.86. The van der Waals surface area contributed by atoms with Crippen LogP contribution >= 0.6 is 11.6 Å². The summed E-state index contributed by atoms with van der Waals surface area (Å²) in [6.07, 6.45) is 0. The van der Waals surface area contributed by atoms with Crippen molar-refractivity contribution >= 4 is 33.6 Å². The molecule has 0 spiro atoms. The number of ether oxygens (including phenoxy) is 2. The molecule has 3 rings (SSSR count). The Hall–Kier alpha value is -2.97. The number of sulfonamides is 1. The number of rotatable bonds is 9. The molecule has 0 atom stereocenters. The lowest BCUT2D eigenvalue weighted by molar-refractivity contribution is -0.129. The highest BCUT2D eigenvalue weighted by Gasteiger charge is 2.29. The number of amides is 3. The topological polar surface area (TPSA) is 129 Å².